The molecule has 62 heavy (non-hydrogen) atoms. The van der Waals surface area contributed by atoms with E-state index < -0.39 is 29.7 Å². The van der Waals surface area contributed by atoms with E-state index in [0.29, 0.717) is 17.2 Å². The van der Waals surface area contributed by atoms with E-state index in [1.165, 1.54) is 32.0 Å². The normalized spacial score (nSPS) is 10.8. The van der Waals surface area contributed by atoms with Crippen molar-refractivity contribution >= 4 is 24.2 Å². The van der Waals surface area contributed by atoms with Gasteiger partial charge in [-0.3, -0.25) is 9.59 Å². The number of esters is 2. The molecule has 0 aliphatic rings. The predicted octanol–water partition coefficient (Wildman–Crippen LogP) is 10.9. The summed E-state index contributed by atoms with van der Waals surface area (Å²) in [5, 5.41) is 0. The maximum atomic E-state index is 13.0. The van der Waals surface area contributed by atoms with Crippen LogP contribution in [0.25, 0.3) is 0 Å². The zero-order valence-corrected chi connectivity index (χ0v) is 33.6. The average molecular weight is 831 g/mol. The third-order valence-corrected chi connectivity index (χ3v) is 9.29. The van der Waals surface area contributed by atoms with Crippen LogP contribution in [0.15, 0.2) is 176 Å². The molecule has 0 aliphatic carbocycles. The maximum absolute atomic E-state index is 13.0. The molecule has 12 heteroatoms. The molecular formula is C50H38O12. The zero-order chi connectivity index (χ0) is 43.5. The van der Waals surface area contributed by atoms with Crippen LogP contribution in [0.5, 0.6) is 51.7 Å². The zero-order valence-electron chi connectivity index (χ0n) is 33.6. The lowest BCUT2D eigenvalue weighted by atomic mass is 9.65. The Bertz CT molecular complexity index is 2570. The second-order valence-electron chi connectivity index (χ2n) is 13.5. The first-order valence-electron chi connectivity index (χ1n) is 19.1. The molecule has 310 valence electrons. The number of ether oxygens (including phenoxy) is 8. The summed E-state index contributed by atoms with van der Waals surface area (Å²) in [6, 6.07) is 51.5. The number of hydrogen-bond donors (Lipinski definition) is 0. The van der Waals surface area contributed by atoms with Crippen molar-refractivity contribution in [3.63, 3.8) is 0 Å². The van der Waals surface area contributed by atoms with Crippen molar-refractivity contribution in [3.8, 4) is 51.7 Å². The third-order valence-electron chi connectivity index (χ3n) is 9.29. The topological polar surface area (TPSA) is 142 Å². The summed E-state index contributed by atoms with van der Waals surface area (Å²) >= 11 is 0. The number of methoxy groups -OCH3 is 1. The molecule has 0 N–H and O–H groups in total. The SMILES string of the molecule is COc1ccc(Oc2ccc(OC(=O)Oc3ccc(C(c4ccccc4)(c4ccccc4)c4ccc(OC(=O)Oc5cc(OC(C)=O)cc(OC(C)=O)c5)cc4)cc3)cc2)cc1. The van der Waals surface area contributed by atoms with Gasteiger partial charge in [-0.2, -0.15) is 0 Å². The van der Waals surface area contributed by atoms with Crippen LogP contribution in [-0.2, 0) is 15.0 Å². The summed E-state index contributed by atoms with van der Waals surface area (Å²) in [6.45, 7) is 2.40. The van der Waals surface area contributed by atoms with E-state index in [0.717, 1.165) is 22.3 Å². The summed E-state index contributed by atoms with van der Waals surface area (Å²) in [5.41, 5.74) is 2.63. The van der Waals surface area contributed by atoms with Gasteiger partial charge in [0.1, 0.15) is 51.7 Å². The van der Waals surface area contributed by atoms with E-state index in [1.807, 2.05) is 84.9 Å². The summed E-state index contributed by atoms with van der Waals surface area (Å²) in [6.07, 6.45) is -2.01. The van der Waals surface area contributed by atoms with Crippen molar-refractivity contribution in [3.05, 3.63) is 198 Å². The van der Waals surface area contributed by atoms with Crippen LogP contribution in [-0.4, -0.2) is 31.4 Å². The van der Waals surface area contributed by atoms with Crippen molar-refractivity contribution in [1.82, 2.24) is 0 Å². The van der Waals surface area contributed by atoms with Crippen molar-refractivity contribution < 1.29 is 57.1 Å². The molecule has 0 unspecified atom stereocenters. The molecule has 0 heterocycles. The highest BCUT2D eigenvalue weighted by Crippen LogP contribution is 2.46. The largest absolute Gasteiger partial charge is 0.519 e. The first kappa shape index (κ1) is 41.8. The lowest BCUT2D eigenvalue weighted by Gasteiger charge is -2.37. The number of hydrogen-bond acceptors (Lipinski definition) is 12. The quantitative estimate of drug-likeness (QED) is 0.0472. The minimum absolute atomic E-state index is 0.000101. The molecule has 7 aromatic rings. The monoisotopic (exact) mass is 830 g/mol. The van der Waals surface area contributed by atoms with Gasteiger partial charge in [0.25, 0.3) is 0 Å². The molecule has 0 saturated carbocycles. The fourth-order valence-electron chi connectivity index (χ4n) is 6.76. The predicted molar refractivity (Wildman–Crippen MR) is 227 cm³/mol. The number of carbonyl (C=O) groups is 4. The molecule has 0 radical (unpaired) electrons. The van der Waals surface area contributed by atoms with Crippen molar-refractivity contribution in [2.75, 3.05) is 7.11 Å². The molecule has 0 aromatic heterocycles. The molecule has 7 aromatic carbocycles. The fraction of sp³-hybridized carbons (Fsp3) is 0.0800. The molecule has 0 bridgehead atoms. The Morgan fingerprint density at radius 2 is 0.629 bits per heavy atom. The van der Waals surface area contributed by atoms with Gasteiger partial charge in [0.15, 0.2) is 0 Å². The minimum Gasteiger partial charge on any atom is -0.497 e. The third kappa shape index (κ3) is 10.2. The highest BCUT2D eigenvalue weighted by molar-refractivity contribution is 5.73. The number of carbonyl (C=O) groups excluding carboxylic acids is 4. The summed E-state index contributed by atoms with van der Waals surface area (Å²) in [4.78, 5) is 49.0. The molecule has 12 nitrogen and oxygen atoms in total. The fourth-order valence-corrected chi connectivity index (χ4v) is 6.76. The summed E-state index contributed by atoms with van der Waals surface area (Å²) < 4.78 is 43.2. The van der Waals surface area contributed by atoms with Gasteiger partial charge in [-0.05, 0) is 95.1 Å². The molecule has 0 fully saturated rings. The lowest BCUT2D eigenvalue weighted by Crippen LogP contribution is -2.31. The van der Waals surface area contributed by atoms with E-state index in [1.54, 1.807) is 79.9 Å². The van der Waals surface area contributed by atoms with E-state index in [9.17, 15) is 19.2 Å². The molecule has 7 rings (SSSR count). The first-order chi connectivity index (χ1) is 30.1. The van der Waals surface area contributed by atoms with Gasteiger partial charge < -0.3 is 37.9 Å². The Balaban J connectivity index is 1.10. The highest BCUT2D eigenvalue weighted by Gasteiger charge is 2.38. The van der Waals surface area contributed by atoms with Gasteiger partial charge in [-0.25, -0.2) is 9.59 Å². The van der Waals surface area contributed by atoms with Crippen molar-refractivity contribution in [2.24, 2.45) is 0 Å². The van der Waals surface area contributed by atoms with E-state index in [4.69, 9.17) is 37.9 Å². The standard InChI is InChI=1S/C50H38O12/c1-33(51)56-45-30-46(57-34(2)52)32-47(31-45)62-49(54)60-43-20-16-38(17-21-43)50(35-10-6-4-7-11-35,36-12-8-5-9-13-36)37-14-18-42(19-15-37)59-48(53)61-44-28-26-41(27-29-44)58-40-24-22-39(55-3)23-25-40/h4-32H,1-3H3. The van der Waals surface area contributed by atoms with Crippen molar-refractivity contribution in [2.45, 2.75) is 19.3 Å². The van der Waals surface area contributed by atoms with E-state index >= 15 is 0 Å². The molecule has 0 spiro atoms. The smallest absolute Gasteiger partial charge is 0.497 e. The second kappa shape index (κ2) is 19.1. The van der Waals surface area contributed by atoms with Crippen LogP contribution in [0.2, 0.25) is 0 Å². The molecule has 0 amide bonds. The Kier molecular flexibility index (Phi) is 12.9. The summed E-state index contributed by atoms with van der Waals surface area (Å²) in [5.74, 6) is 1.25. The number of benzene rings is 7. The van der Waals surface area contributed by atoms with Crippen LogP contribution < -0.4 is 37.9 Å². The van der Waals surface area contributed by atoms with Crippen LogP contribution in [0.4, 0.5) is 9.59 Å². The van der Waals surface area contributed by atoms with Crippen molar-refractivity contribution in [1.29, 1.82) is 0 Å². The second-order valence-corrected chi connectivity index (χ2v) is 13.5. The van der Waals surface area contributed by atoms with Gasteiger partial charge in [0.2, 0.25) is 0 Å². The molecule has 0 saturated heterocycles. The van der Waals surface area contributed by atoms with Crippen LogP contribution in [0.3, 0.4) is 0 Å². The van der Waals surface area contributed by atoms with Gasteiger partial charge in [0, 0.05) is 32.0 Å². The van der Waals surface area contributed by atoms with Crippen LogP contribution >= 0.6 is 0 Å². The van der Waals surface area contributed by atoms with Crippen LogP contribution in [0, 0.1) is 0 Å². The van der Waals surface area contributed by atoms with E-state index in [-0.39, 0.29) is 34.5 Å². The molecule has 0 aliphatic heterocycles. The van der Waals surface area contributed by atoms with E-state index in [2.05, 4.69) is 0 Å². The van der Waals surface area contributed by atoms with Gasteiger partial charge in [-0.1, -0.05) is 84.9 Å². The Morgan fingerprint density at radius 1 is 0.339 bits per heavy atom. The Hall–Kier alpha value is -8.38. The summed E-state index contributed by atoms with van der Waals surface area (Å²) in [7, 11) is 1.59. The Labute approximate surface area is 356 Å². The number of rotatable bonds is 13. The molecule has 0 atom stereocenters. The minimum atomic E-state index is -1.09. The molecular weight excluding hydrogens is 793 g/mol. The highest BCUT2D eigenvalue weighted by atomic mass is 16.7. The van der Waals surface area contributed by atoms with Gasteiger partial charge >= 0.3 is 24.2 Å². The van der Waals surface area contributed by atoms with Gasteiger partial charge in [-0.15, -0.1) is 0 Å². The van der Waals surface area contributed by atoms with Crippen LogP contribution in [0.1, 0.15) is 36.1 Å². The first-order valence-corrected chi connectivity index (χ1v) is 19.1. The lowest BCUT2D eigenvalue weighted by molar-refractivity contribution is -0.132. The Morgan fingerprint density at radius 3 is 0.984 bits per heavy atom. The average Bonchev–Trinajstić information content (AvgIpc) is 3.26. The van der Waals surface area contributed by atoms with Gasteiger partial charge in [0.05, 0.1) is 12.5 Å². The maximum Gasteiger partial charge on any atom is 0.519 e.